The smallest absolute Gasteiger partial charge is 0.227 e. The summed E-state index contributed by atoms with van der Waals surface area (Å²) in [5.74, 6) is 1.20. The first-order valence-electron chi connectivity index (χ1n) is 9.86. The highest BCUT2D eigenvalue weighted by atomic mass is 16.5. The number of rotatable bonds is 6. The standard InChI is InChI=1S/C21H33N3O2/c1-23-15-12-21(11-7-14-24(2)19(21)16-23)20(25)22-13-6-9-17-8-4-5-10-18(17)26-3/h4-5,8,10,19H,6-7,9,11-16H2,1-3H3,(H,22,25)/t19-,21+/m0/s1. The number of nitrogens with zero attached hydrogens (tertiary/aromatic N) is 2. The lowest BCUT2D eigenvalue weighted by Crippen LogP contribution is -2.64. The Kier molecular flexibility index (Phi) is 6.20. The second kappa shape index (κ2) is 8.40. The van der Waals surface area contributed by atoms with Crippen LogP contribution in [0.2, 0.25) is 0 Å². The number of benzene rings is 1. The lowest BCUT2D eigenvalue weighted by atomic mass is 9.68. The Labute approximate surface area is 157 Å². The van der Waals surface area contributed by atoms with E-state index in [2.05, 4.69) is 35.3 Å². The number of likely N-dealkylation sites (tertiary alicyclic amines) is 2. The van der Waals surface area contributed by atoms with Crippen LogP contribution >= 0.6 is 0 Å². The van der Waals surface area contributed by atoms with Crippen LogP contribution in [0.25, 0.3) is 0 Å². The van der Waals surface area contributed by atoms with E-state index in [4.69, 9.17) is 4.74 Å². The minimum absolute atomic E-state index is 0.204. The molecular weight excluding hydrogens is 326 g/mol. The SMILES string of the molecule is COc1ccccc1CCCNC(=O)[C@@]12CCCN(C)[C@H]1CN(C)CC2. The zero-order valence-corrected chi connectivity index (χ0v) is 16.5. The summed E-state index contributed by atoms with van der Waals surface area (Å²) in [4.78, 5) is 17.9. The Hall–Kier alpha value is -1.59. The van der Waals surface area contributed by atoms with Crippen LogP contribution in [0.4, 0.5) is 0 Å². The fraction of sp³-hybridized carbons (Fsp3) is 0.667. The van der Waals surface area contributed by atoms with Gasteiger partial charge in [0.05, 0.1) is 12.5 Å². The molecule has 1 aromatic carbocycles. The number of likely N-dealkylation sites (N-methyl/N-ethyl adjacent to an activating group) is 2. The Balaban J connectivity index is 1.56. The Bertz CT molecular complexity index is 621. The number of piperidine rings is 2. The summed E-state index contributed by atoms with van der Waals surface area (Å²) < 4.78 is 5.41. The van der Waals surface area contributed by atoms with Crippen molar-refractivity contribution in [1.29, 1.82) is 0 Å². The summed E-state index contributed by atoms with van der Waals surface area (Å²) in [6, 6.07) is 8.46. The van der Waals surface area contributed by atoms with Crippen molar-refractivity contribution >= 4 is 5.91 Å². The van der Waals surface area contributed by atoms with Crippen LogP contribution in [0.15, 0.2) is 24.3 Å². The summed E-state index contributed by atoms with van der Waals surface area (Å²) >= 11 is 0. The number of carbonyl (C=O) groups is 1. The number of ether oxygens (including phenoxy) is 1. The Morgan fingerprint density at radius 3 is 2.88 bits per heavy atom. The normalized spacial score (nSPS) is 27.0. The van der Waals surface area contributed by atoms with Crippen molar-refractivity contribution in [2.75, 3.05) is 47.4 Å². The van der Waals surface area contributed by atoms with Gasteiger partial charge >= 0.3 is 0 Å². The van der Waals surface area contributed by atoms with Gasteiger partial charge in [0.1, 0.15) is 5.75 Å². The molecule has 2 saturated heterocycles. The first-order valence-corrected chi connectivity index (χ1v) is 9.86. The van der Waals surface area contributed by atoms with E-state index in [0.717, 1.165) is 64.0 Å². The molecule has 0 radical (unpaired) electrons. The third-order valence-corrected chi connectivity index (χ3v) is 6.28. The maximum atomic E-state index is 13.2. The Morgan fingerprint density at radius 2 is 2.08 bits per heavy atom. The molecule has 0 bridgehead atoms. The summed E-state index contributed by atoms with van der Waals surface area (Å²) in [7, 11) is 6.05. The molecule has 5 nitrogen and oxygen atoms in total. The van der Waals surface area contributed by atoms with Crippen molar-refractivity contribution in [2.24, 2.45) is 5.41 Å². The number of para-hydroxylation sites is 1. The second-order valence-corrected chi connectivity index (χ2v) is 7.94. The minimum Gasteiger partial charge on any atom is -0.496 e. The zero-order valence-electron chi connectivity index (χ0n) is 16.5. The van der Waals surface area contributed by atoms with Crippen LogP contribution in [-0.2, 0) is 11.2 Å². The van der Waals surface area contributed by atoms with Crippen molar-refractivity contribution < 1.29 is 9.53 Å². The zero-order chi connectivity index (χ0) is 18.6. The highest BCUT2D eigenvalue weighted by molar-refractivity contribution is 5.83. The minimum atomic E-state index is -0.204. The number of nitrogens with one attached hydrogen (secondary N) is 1. The van der Waals surface area contributed by atoms with Gasteiger partial charge in [-0.3, -0.25) is 4.79 Å². The van der Waals surface area contributed by atoms with E-state index in [1.807, 2.05) is 18.2 Å². The maximum Gasteiger partial charge on any atom is 0.227 e. The van der Waals surface area contributed by atoms with Gasteiger partial charge in [0.25, 0.3) is 0 Å². The van der Waals surface area contributed by atoms with E-state index < -0.39 is 0 Å². The number of hydrogen-bond donors (Lipinski definition) is 1. The molecule has 2 fully saturated rings. The first kappa shape index (κ1) is 19.2. The summed E-state index contributed by atoms with van der Waals surface area (Å²) in [5, 5.41) is 3.26. The predicted octanol–water partition coefficient (Wildman–Crippen LogP) is 2.16. The van der Waals surface area contributed by atoms with Gasteiger partial charge in [-0.1, -0.05) is 18.2 Å². The van der Waals surface area contributed by atoms with Crippen molar-refractivity contribution in [2.45, 2.75) is 38.1 Å². The number of fused-ring (bicyclic) bond motifs is 1. The molecule has 5 heteroatoms. The second-order valence-electron chi connectivity index (χ2n) is 7.94. The van der Waals surface area contributed by atoms with Gasteiger partial charge in [0.15, 0.2) is 0 Å². The van der Waals surface area contributed by atoms with Gasteiger partial charge in [-0.15, -0.1) is 0 Å². The quantitative estimate of drug-likeness (QED) is 0.791. The largest absolute Gasteiger partial charge is 0.496 e. The molecule has 3 rings (SSSR count). The number of methoxy groups -OCH3 is 1. The Morgan fingerprint density at radius 1 is 1.27 bits per heavy atom. The average molecular weight is 360 g/mol. The monoisotopic (exact) mass is 359 g/mol. The summed E-state index contributed by atoms with van der Waals surface area (Å²) in [5.41, 5.74) is 1.00. The van der Waals surface area contributed by atoms with Crippen LogP contribution in [0.5, 0.6) is 5.75 Å². The molecule has 1 aromatic rings. The number of hydrogen-bond acceptors (Lipinski definition) is 4. The van der Waals surface area contributed by atoms with Crippen molar-refractivity contribution in [3.05, 3.63) is 29.8 Å². The van der Waals surface area contributed by atoms with E-state index in [1.54, 1.807) is 7.11 Å². The number of aryl methyl sites for hydroxylation is 1. The van der Waals surface area contributed by atoms with Crippen LogP contribution in [0.1, 0.15) is 31.2 Å². The summed E-state index contributed by atoms with van der Waals surface area (Å²) in [6.45, 7) is 3.83. The number of carbonyl (C=O) groups excluding carboxylic acids is 1. The van der Waals surface area contributed by atoms with Gasteiger partial charge in [-0.2, -0.15) is 0 Å². The molecule has 0 spiro atoms. The van der Waals surface area contributed by atoms with Gasteiger partial charge in [0.2, 0.25) is 5.91 Å². The van der Waals surface area contributed by atoms with Gasteiger partial charge < -0.3 is 19.9 Å². The lowest BCUT2D eigenvalue weighted by molar-refractivity contribution is -0.143. The van der Waals surface area contributed by atoms with Gasteiger partial charge in [-0.25, -0.2) is 0 Å². The van der Waals surface area contributed by atoms with Gasteiger partial charge in [0, 0.05) is 19.1 Å². The molecule has 1 N–H and O–H groups in total. The van der Waals surface area contributed by atoms with E-state index in [-0.39, 0.29) is 11.3 Å². The average Bonchev–Trinajstić information content (AvgIpc) is 2.66. The molecule has 2 heterocycles. The van der Waals surface area contributed by atoms with E-state index in [1.165, 1.54) is 5.56 Å². The fourth-order valence-electron chi connectivity index (χ4n) is 4.72. The number of amides is 1. The van der Waals surface area contributed by atoms with Crippen LogP contribution in [-0.4, -0.2) is 69.1 Å². The highest BCUT2D eigenvalue weighted by Crippen LogP contribution is 2.41. The molecule has 26 heavy (non-hydrogen) atoms. The van der Waals surface area contributed by atoms with Crippen LogP contribution < -0.4 is 10.1 Å². The molecule has 1 amide bonds. The fourth-order valence-corrected chi connectivity index (χ4v) is 4.72. The van der Waals surface area contributed by atoms with E-state index in [0.29, 0.717) is 6.04 Å². The molecule has 144 valence electrons. The van der Waals surface area contributed by atoms with E-state index >= 15 is 0 Å². The van der Waals surface area contributed by atoms with Crippen LogP contribution in [0, 0.1) is 5.41 Å². The molecule has 0 saturated carbocycles. The van der Waals surface area contributed by atoms with E-state index in [9.17, 15) is 4.79 Å². The third-order valence-electron chi connectivity index (χ3n) is 6.28. The van der Waals surface area contributed by atoms with Crippen molar-refractivity contribution in [3.63, 3.8) is 0 Å². The predicted molar refractivity (Wildman–Crippen MR) is 105 cm³/mol. The third kappa shape index (κ3) is 3.89. The summed E-state index contributed by atoms with van der Waals surface area (Å²) in [6.07, 6.45) is 4.96. The first-order chi connectivity index (χ1) is 12.6. The van der Waals surface area contributed by atoms with Crippen molar-refractivity contribution in [1.82, 2.24) is 15.1 Å². The molecule has 2 atom stereocenters. The molecule has 0 unspecified atom stereocenters. The lowest BCUT2D eigenvalue weighted by Gasteiger charge is -2.52. The van der Waals surface area contributed by atoms with Gasteiger partial charge in [-0.05, 0) is 70.9 Å². The van der Waals surface area contributed by atoms with Crippen LogP contribution in [0.3, 0.4) is 0 Å². The topological polar surface area (TPSA) is 44.8 Å². The van der Waals surface area contributed by atoms with Crippen molar-refractivity contribution in [3.8, 4) is 5.75 Å². The molecule has 2 aliphatic heterocycles. The molecule has 2 aliphatic rings. The maximum absolute atomic E-state index is 13.2. The molecule has 0 aliphatic carbocycles. The molecule has 0 aromatic heterocycles. The highest BCUT2D eigenvalue weighted by Gasteiger charge is 2.51. The molecular formula is C21H33N3O2.